The number of amides is 1. The molecule has 0 saturated heterocycles. The number of carbonyl (C=O) groups is 1. The van der Waals surface area contributed by atoms with Gasteiger partial charge in [0.2, 0.25) is 5.91 Å². The molecule has 19 heavy (non-hydrogen) atoms. The van der Waals surface area contributed by atoms with E-state index >= 15 is 0 Å². The highest BCUT2D eigenvalue weighted by Crippen LogP contribution is 2.23. The normalized spacial score (nSPS) is 11.8. The topological polar surface area (TPSA) is 55.1 Å². The van der Waals surface area contributed by atoms with Crippen LogP contribution in [0.25, 0.3) is 0 Å². The van der Waals surface area contributed by atoms with E-state index in [9.17, 15) is 4.79 Å². The summed E-state index contributed by atoms with van der Waals surface area (Å²) < 4.78 is 0. The predicted molar refractivity (Wildman–Crippen MR) is 80.2 cm³/mol. The molecule has 1 amide bonds. The molecule has 0 saturated carbocycles. The van der Waals surface area contributed by atoms with Crippen molar-refractivity contribution in [2.24, 2.45) is 5.73 Å². The number of thioether (sulfide) groups is 1. The van der Waals surface area contributed by atoms with Gasteiger partial charge in [-0.15, -0.1) is 11.8 Å². The van der Waals surface area contributed by atoms with Crippen LogP contribution in [0.5, 0.6) is 0 Å². The van der Waals surface area contributed by atoms with E-state index in [4.69, 9.17) is 5.73 Å². The van der Waals surface area contributed by atoms with E-state index in [0.717, 1.165) is 16.1 Å². The van der Waals surface area contributed by atoms with E-state index in [1.165, 1.54) is 0 Å². The first-order chi connectivity index (χ1) is 9.20. The molecule has 0 spiro atoms. The monoisotopic (exact) mass is 272 g/mol. The fourth-order valence-electron chi connectivity index (χ4n) is 1.84. The number of hydrogen-bond donors (Lipinski definition) is 2. The Labute approximate surface area is 117 Å². The third kappa shape index (κ3) is 3.51. The lowest BCUT2D eigenvalue weighted by molar-refractivity contribution is -0.118. The van der Waals surface area contributed by atoms with Crippen molar-refractivity contribution in [2.75, 3.05) is 11.6 Å². The molecule has 0 fully saturated rings. The maximum atomic E-state index is 11.6. The van der Waals surface area contributed by atoms with Crippen LogP contribution in [-0.4, -0.2) is 12.2 Å². The Morgan fingerprint density at radius 1 is 1.16 bits per heavy atom. The number of nitrogens with one attached hydrogen (secondary N) is 1. The Hall–Kier alpha value is -1.94. The van der Waals surface area contributed by atoms with Crippen LogP contribution in [0.2, 0.25) is 0 Å². The van der Waals surface area contributed by atoms with Gasteiger partial charge in [0.05, 0.1) is 0 Å². The zero-order valence-corrected chi connectivity index (χ0v) is 11.5. The summed E-state index contributed by atoms with van der Waals surface area (Å²) >= 11 is 1.66. The maximum Gasteiger partial charge on any atom is 0.244 e. The highest BCUT2D eigenvalue weighted by molar-refractivity contribution is 7.98. The minimum absolute atomic E-state index is 0.388. The fraction of sp³-hybridized carbons (Fsp3) is 0.133. The molecule has 98 valence electrons. The van der Waals surface area contributed by atoms with E-state index in [-0.39, 0.29) is 5.91 Å². The van der Waals surface area contributed by atoms with E-state index in [2.05, 4.69) is 5.32 Å². The van der Waals surface area contributed by atoms with Crippen molar-refractivity contribution in [3.8, 4) is 0 Å². The number of benzene rings is 2. The molecule has 3 N–H and O–H groups in total. The molecule has 0 bridgehead atoms. The number of anilines is 1. The molecule has 4 heteroatoms. The molecule has 0 aliphatic carbocycles. The molecular formula is C15H16N2OS. The van der Waals surface area contributed by atoms with E-state index in [1.807, 2.05) is 60.9 Å². The third-order valence-corrected chi connectivity index (χ3v) is 3.52. The van der Waals surface area contributed by atoms with Crippen LogP contribution in [0.1, 0.15) is 11.6 Å². The van der Waals surface area contributed by atoms with Crippen molar-refractivity contribution in [2.45, 2.75) is 10.9 Å². The van der Waals surface area contributed by atoms with Crippen LogP contribution in [0.4, 0.5) is 5.69 Å². The number of carbonyl (C=O) groups excluding carboxylic acids is 1. The molecule has 3 nitrogen and oxygen atoms in total. The summed E-state index contributed by atoms with van der Waals surface area (Å²) in [7, 11) is 0. The summed E-state index contributed by atoms with van der Waals surface area (Å²) in [5.41, 5.74) is 7.23. The van der Waals surface area contributed by atoms with Gasteiger partial charge < -0.3 is 11.1 Å². The van der Waals surface area contributed by atoms with Gasteiger partial charge in [0.25, 0.3) is 0 Å². The summed E-state index contributed by atoms with van der Waals surface area (Å²) in [5, 5.41) is 3.18. The molecule has 0 aromatic heterocycles. The summed E-state index contributed by atoms with van der Waals surface area (Å²) in [4.78, 5) is 12.8. The van der Waals surface area contributed by atoms with E-state index < -0.39 is 6.04 Å². The van der Waals surface area contributed by atoms with Crippen molar-refractivity contribution >= 4 is 23.4 Å². The Balaban J connectivity index is 2.24. The highest BCUT2D eigenvalue weighted by atomic mass is 32.2. The lowest BCUT2D eigenvalue weighted by atomic mass is 10.1. The van der Waals surface area contributed by atoms with Crippen LogP contribution in [0.15, 0.2) is 59.5 Å². The summed E-state index contributed by atoms with van der Waals surface area (Å²) in [6.07, 6.45) is 2.02. The molecule has 1 atom stereocenters. The van der Waals surface area contributed by atoms with Crippen LogP contribution < -0.4 is 11.1 Å². The van der Waals surface area contributed by atoms with Crippen LogP contribution >= 0.6 is 11.8 Å². The van der Waals surface area contributed by atoms with Crippen LogP contribution in [0.3, 0.4) is 0 Å². The standard InChI is InChI=1S/C15H16N2OS/c1-19-13-9-5-8-12(10-13)17-14(15(16)18)11-6-3-2-4-7-11/h2-10,14,17H,1H3,(H2,16,18)/t14-/m1/s1. The lowest BCUT2D eigenvalue weighted by Crippen LogP contribution is -2.27. The van der Waals surface area contributed by atoms with Crippen LogP contribution in [-0.2, 0) is 4.79 Å². The van der Waals surface area contributed by atoms with Gasteiger partial charge in [0, 0.05) is 10.6 Å². The Bertz CT molecular complexity index is 557. The Morgan fingerprint density at radius 2 is 1.89 bits per heavy atom. The van der Waals surface area contributed by atoms with Crippen molar-refractivity contribution < 1.29 is 4.79 Å². The highest BCUT2D eigenvalue weighted by Gasteiger charge is 2.17. The second-order valence-electron chi connectivity index (χ2n) is 4.12. The SMILES string of the molecule is CSc1cccc(N[C@@H](C(N)=O)c2ccccc2)c1. The van der Waals surface area contributed by atoms with E-state index in [1.54, 1.807) is 11.8 Å². The largest absolute Gasteiger partial charge is 0.370 e. The van der Waals surface area contributed by atoms with Gasteiger partial charge in [-0.25, -0.2) is 0 Å². The summed E-state index contributed by atoms with van der Waals surface area (Å²) in [6, 6.07) is 16.9. The number of rotatable bonds is 5. The molecule has 2 aromatic carbocycles. The van der Waals surface area contributed by atoms with Gasteiger partial charge in [0.1, 0.15) is 6.04 Å². The Morgan fingerprint density at radius 3 is 2.53 bits per heavy atom. The fourth-order valence-corrected chi connectivity index (χ4v) is 2.30. The van der Waals surface area contributed by atoms with Gasteiger partial charge in [-0.1, -0.05) is 36.4 Å². The lowest BCUT2D eigenvalue weighted by Gasteiger charge is -2.17. The average molecular weight is 272 g/mol. The predicted octanol–water partition coefficient (Wildman–Crippen LogP) is 3.05. The molecule has 0 radical (unpaired) electrons. The molecule has 0 aliphatic rings. The zero-order chi connectivity index (χ0) is 13.7. The summed E-state index contributed by atoms with van der Waals surface area (Å²) in [6.45, 7) is 0. The summed E-state index contributed by atoms with van der Waals surface area (Å²) in [5.74, 6) is -0.388. The zero-order valence-electron chi connectivity index (χ0n) is 10.7. The molecular weight excluding hydrogens is 256 g/mol. The number of primary amides is 1. The minimum Gasteiger partial charge on any atom is -0.370 e. The average Bonchev–Trinajstić information content (AvgIpc) is 2.45. The van der Waals surface area contributed by atoms with Gasteiger partial charge >= 0.3 is 0 Å². The first kappa shape index (κ1) is 13.5. The smallest absolute Gasteiger partial charge is 0.244 e. The third-order valence-electron chi connectivity index (χ3n) is 2.80. The van der Waals surface area contributed by atoms with Crippen molar-refractivity contribution in [1.29, 1.82) is 0 Å². The van der Waals surface area contributed by atoms with Gasteiger partial charge in [0.15, 0.2) is 0 Å². The van der Waals surface area contributed by atoms with E-state index in [0.29, 0.717) is 0 Å². The molecule has 0 aliphatic heterocycles. The number of hydrogen-bond acceptors (Lipinski definition) is 3. The molecule has 2 aromatic rings. The quantitative estimate of drug-likeness (QED) is 0.823. The molecule has 0 unspecified atom stereocenters. The van der Waals surface area contributed by atoms with Gasteiger partial charge in [-0.3, -0.25) is 4.79 Å². The van der Waals surface area contributed by atoms with Crippen LogP contribution in [0, 0.1) is 0 Å². The van der Waals surface area contributed by atoms with Crippen molar-refractivity contribution in [3.63, 3.8) is 0 Å². The molecule has 2 rings (SSSR count). The second-order valence-corrected chi connectivity index (χ2v) is 5.00. The first-order valence-electron chi connectivity index (χ1n) is 5.95. The minimum atomic E-state index is -0.515. The molecule has 0 heterocycles. The van der Waals surface area contributed by atoms with Crippen molar-refractivity contribution in [3.05, 3.63) is 60.2 Å². The van der Waals surface area contributed by atoms with Gasteiger partial charge in [-0.05, 0) is 30.0 Å². The second kappa shape index (κ2) is 6.29. The number of nitrogens with two attached hydrogens (primary N) is 1. The Kier molecular flexibility index (Phi) is 4.47. The first-order valence-corrected chi connectivity index (χ1v) is 7.18. The van der Waals surface area contributed by atoms with Crippen molar-refractivity contribution in [1.82, 2.24) is 0 Å². The maximum absolute atomic E-state index is 11.6. The van der Waals surface area contributed by atoms with Gasteiger partial charge in [-0.2, -0.15) is 0 Å².